The van der Waals surface area contributed by atoms with Crippen LogP contribution in [0.2, 0.25) is 5.02 Å². The number of hydrogen-bond donors (Lipinski definition) is 0. The van der Waals surface area contributed by atoms with E-state index in [9.17, 15) is 9.59 Å². The zero-order valence-electron chi connectivity index (χ0n) is 16.0. The Morgan fingerprint density at radius 1 is 1.11 bits per heavy atom. The van der Waals surface area contributed by atoms with Crippen molar-refractivity contribution in [1.82, 2.24) is 9.80 Å². The van der Waals surface area contributed by atoms with Crippen molar-refractivity contribution in [2.75, 3.05) is 37.6 Å². The van der Waals surface area contributed by atoms with E-state index in [0.29, 0.717) is 32.1 Å². The first-order valence-electron chi connectivity index (χ1n) is 10.1. The maximum absolute atomic E-state index is 13.0. The van der Waals surface area contributed by atoms with Crippen molar-refractivity contribution >= 4 is 29.1 Å². The molecule has 1 aliphatic carbocycles. The number of aryl methyl sites for hydroxylation is 1. The molecular formula is C21H28ClN3O2. The van der Waals surface area contributed by atoms with Gasteiger partial charge in [-0.15, -0.1) is 0 Å². The van der Waals surface area contributed by atoms with Crippen molar-refractivity contribution < 1.29 is 9.59 Å². The van der Waals surface area contributed by atoms with E-state index in [2.05, 4.69) is 11.8 Å². The highest BCUT2D eigenvalue weighted by Crippen LogP contribution is 2.31. The van der Waals surface area contributed by atoms with Gasteiger partial charge in [0.2, 0.25) is 11.8 Å². The maximum atomic E-state index is 13.0. The molecule has 1 atom stereocenters. The second-order valence-electron chi connectivity index (χ2n) is 8.13. The summed E-state index contributed by atoms with van der Waals surface area (Å²) in [4.78, 5) is 31.6. The molecule has 3 aliphatic rings. The van der Waals surface area contributed by atoms with E-state index < -0.39 is 0 Å². The summed E-state index contributed by atoms with van der Waals surface area (Å²) in [7, 11) is 0. The van der Waals surface area contributed by atoms with Gasteiger partial charge in [-0.25, -0.2) is 0 Å². The van der Waals surface area contributed by atoms with Crippen LogP contribution in [0.25, 0.3) is 0 Å². The Morgan fingerprint density at radius 3 is 2.52 bits per heavy atom. The van der Waals surface area contributed by atoms with Gasteiger partial charge in [0.1, 0.15) is 0 Å². The highest BCUT2D eigenvalue weighted by Gasteiger charge is 2.40. The van der Waals surface area contributed by atoms with Gasteiger partial charge in [0.05, 0.1) is 5.92 Å². The molecule has 0 aromatic heterocycles. The topological polar surface area (TPSA) is 43.9 Å². The van der Waals surface area contributed by atoms with E-state index in [4.69, 9.17) is 11.6 Å². The number of anilines is 1. The fourth-order valence-corrected chi connectivity index (χ4v) is 4.98. The molecule has 1 aromatic carbocycles. The molecule has 1 aromatic rings. The number of hydrogen-bond acceptors (Lipinski definition) is 3. The standard InChI is InChI=1S/C21H28ClN3O2/c1-15-6-7-17(22)13-19(15)23-8-10-24(11-9-23)21(27)16-12-20(26)25(14-16)18-4-2-3-5-18/h6-7,13,16,18H,2-5,8-12,14H2,1H3. The summed E-state index contributed by atoms with van der Waals surface area (Å²) < 4.78 is 0. The normalized spacial score (nSPS) is 24.1. The Labute approximate surface area is 166 Å². The number of benzene rings is 1. The largest absolute Gasteiger partial charge is 0.368 e. The predicted octanol–water partition coefficient (Wildman–Crippen LogP) is 3.09. The van der Waals surface area contributed by atoms with Gasteiger partial charge in [-0.2, -0.15) is 0 Å². The first-order valence-corrected chi connectivity index (χ1v) is 10.5. The van der Waals surface area contributed by atoms with Crippen molar-refractivity contribution in [3.05, 3.63) is 28.8 Å². The third-order valence-electron chi connectivity index (χ3n) is 6.38. The number of rotatable bonds is 3. The van der Waals surface area contributed by atoms with Crippen LogP contribution in [0.1, 0.15) is 37.7 Å². The SMILES string of the molecule is Cc1ccc(Cl)cc1N1CCN(C(=O)C2CC(=O)N(C3CCCC3)C2)CC1. The number of halogens is 1. The highest BCUT2D eigenvalue weighted by atomic mass is 35.5. The van der Waals surface area contributed by atoms with E-state index in [1.165, 1.54) is 18.4 Å². The van der Waals surface area contributed by atoms with Crippen molar-refractivity contribution in [3.63, 3.8) is 0 Å². The van der Waals surface area contributed by atoms with E-state index in [0.717, 1.165) is 36.6 Å². The predicted molar refractivity (Wildman–Crippen MR) is 107 cm³/mol. The number of piperazine rings is 1. The highest BCUT2D eigenvalue weighted by molar-refractivity contribution is 6.30. The van der Waals surface area contributed by atoms with Crippen LogP contribution in [0.15, 0.2) is 18.2 Å². The Kier molecular flexibility index (Phi) is 5.31. The van der Waals surface area contributed by atoms with Crippen LogP contribution < -0.4 is 4.90 Å². The summed E-state index contributed by atoms with van der Waals surface area (Å²) in [6.45, 7) is 5.73. The second kappa shape index (κ2) is 7.70. The third-order valence-corrected chi connectivity index (χ3v) is 6.61. The summed E-state index contributed by atoms with van der Waals surface area (Å²) in [5.74, 6) is 0.178. The van der Waals surface area contributed by atoms with Crippen LogP contribution in [0.4, 0.5) is 5.69 Å². The van der Waals surface area contributed by atoms with Crippen LogP contribution in [0, 0.1) is 12.8 Å². The Morgan fingerprint density at radius 2 is 1.81 bits per heavy atom. The minimum absolute atomic E-state index is 0.155. The van der Waals surface area contributed by atoms with Crippen LogP contribution in [-0.4, -0.2) is 60.4 Å². The van der Waals surface area contributed by atoms with E-state index in [-0.39, 0.29) is 17.7 Å². The molecule has 2 heterocycles. The summed E-state index contributed by atoms with van der Waals surface area (Å²) in [6, 6.07) is 6.33. The molecule has 146 valence electrons. The molecule has 6 heteroatoms. The lowest BCUT2D eigenvalue weighted by Gasteiger charge is -2.37. The van der Waals surface area contributed by atoms with Gasteiger partial charge in [0.25, 0.3) is 0 Å². The summed E-state index contributed by atoms with van der Waals surface area (Å²) in [5.41, 5.74) is 2.35. The summed E-state index contributed by atoms with van der Waals surface area (Å²) in [5, 5.41) is 0.741. The van der Waals surface area contributed by atoms with Crippen LogP contribution >= 0.6 is 11.6 Å². The van der Waals surface area contributed by atoms with Gasteiger partial charge in [0.15, 0.2) is 0 Å². The number of nitrogens with zero attached hydrogens (tertiary/aromatic N) is 3. The molecule has 1 saturated carbocycles. The first-order chi connectivity index (χ1) is 13.0. The van der Waals surface area contributed by atoms with Crippen molar-refractivity contribution in [2.24, 2.45) is 5.92 Å². The van der Waals surface area contributed by atoms with Crippen LogP contribution in [-0.2, 0) is 9.59 Å². The summed E-state index contributed by atoms with van der Waals surface area (Å²) >= 11 is 6.15. The Balaban J connectivity index is 1.35. The van der Waals surface area contributed by atoms with Crippen molar-refractivity contribution in [3.8, 4) is 0 Å². The molecule has 2 amide bonds. The van der Waals surface area contributed by atoms with Crippen LogP contribution in [0.5, 0.6) is 0 Å². The van der Waals surface area contributed by atoms with Gasteiger partial charge in [-0.1, -0.05) is 30.5 Å². The molecule has 2 aliphatic heterocycles. The number of carbonyl (C=O) groups is 2. The van der Waals surface area contributed by atoms with Gasteiger partial charge in [0, 0.05) is 55.9 Å². The average molecular weight is 390 g/mol. The smallest absolute Gasteiger partial charge is 0.228 e. The fraction of sp³-hybridized carbons (Fsp3) is 0.619. The molecule has 3 fully saturated rings. The number of carbonyl (C=O) groups excluding carboxylic acids is 2. The molecule has 0 N–H and O–H groups in total. The fourth-order valence-electron chi connectivity index (χ4n) is 4.82. The Bertz CT molecular complexity index is 724. The molecule has 4 rings (SSSR count). The van der Waals surface area contributed by atoms with Gasteiger partial charge in [-0.3, -0.25) is 9.59 Å². The summed E-state index contributed by atoms with van der Waals surface area (Å²) in [6.07, 6.45) is 5.01. The second-order valence-corrected chi connectivity index (χ2v) is 8.57. The van der Waals surface area contributed by atoms with E-state index >= 15 is 0 Å². The zero-order chi connectivity index (χ0) is 19.0. The molecule has 2 saturated heterocycles. The van der Waals surface area contributed by atoms with Gasteiger partial charge in [-0.05, 0) is 37.5 Å². The lowest BCUT2D eigenvalue weighted by atomic mass is 10.1. The van der Waals surface area contributed by atoms with Crippen LogP contribution in [0.3, 0.4) is 0 Å². The molecule has 0 bridgehead atoms. The molecule has 0 radical (unpaired) electrons. The maximum Gasteiger partial charge on any atom is 0.228 e. The quantitative estimate of drug-likeness (QED) is 0.797. The zero-order valence-corrected chi connectivity index (χ0v) is 16.7. The van der Waals surface area contributed by atoms with Gasteiger partial charge >= 0.3 is 0 Å². The third kappa shape index (κ3) is 3.79. The minimum atomic E-state index is -0.155. The first kappa shape index (κ1) is 18.6. The van der Waals surface area contributed by atoms with Crippen molar-refractivity contribution in [2.45, 2.75) is 45.1 Å². The monoisotopic (exact) mass is 389 g/mol. The van der Waals surface area contributed by atoms with E-state index in [1.807, 2.05) is 28.0 Å². The molecule has 27 heavy (non-hydrogen) atoms. The Hall–Kier alpha value is -1.75. The molecule has 0 spiro atoms. The lowest BCUT2D eigenvalue weighted by Crippen LogP contribution is -2.51. The van der Waals surface area contributed by atoms with Gasteiger partial charge < -0.3 is 14.7 Å². The number of amides is 2. The molecular weight excluding hydrogens is 362 g/mol. The minimum Gasteiger partial charge on any atom is -0.368 e. The number of likely N-dealkylation sites (tertiary alicyclic amines) is 1. The molecule has 5 nitrogen and oxygen atoms in total. The van der Waals surface area contributed by atoms with Crippen molar-refractivity contribution in [1.29, 1.82) is 0 Å². The molecule has 1 unspecified atom stereocenters. The van der Waals surface area contributed by atoms with E-state index in [1.54, 1.807) is 0 Å². The lowest BCUT2D eigenvalue weighted by molar-refractivity contribution is -0.136. The average Bonchev–Trinajstić information content (AvgIpc) is 3.33.